The summed E-state index contributed by atoms with van der Waals surface area (Å²) in [6, 6.07) is 20.8. The second-order valence-corrected chi connectivity index (χ2v) is 11.5. The van der Waals surface area contributed by atoms with Gasteiger partial charge in [-0.15, -0.1) is 0 Å². The molecule has 0 aliphatic rings. The minimum absolute atomic E-state index is 0.0476. The van der Waals surface area contributed by atoms with Gasteiger partial charge in [0.1, 0.15) is 23.9 Å². The van der Waals surface area contributed by atoms with Crippen molar-refractivity contribution >= 4 is 5.97 Å². The number of alkyl halides is 2. The molecule has 0 saturated carbocycles. The molecule has 45 heavy (non-hydrogen) atoms. The average Bonchev–Trinajstić information content (AvgIpc) is 3.06. The quantitative estimate of drug-likeness (QED) is 0.0597. The fourth-order valence-corrected chi connectivity index (χ4v) is 4.89. The van der Waals surface area contributed by atoms with Gasteiger partial charge >= 0.3 is 5.97 Å². The summed E-state index contributed by atoms with van der Waals surface area (Å²) < 4.78 is 49.9. The van der Waals surface area contributed by atoms with E-state index in [-0.39, 0.29) is 12.4 Å². The SMILES string of the molecule is CCCCCCCCCCOc1ccc(COc2ccc(C(=O)Oc3ccc([C@H](COCCCCC)C(F)F)cc3)cc2)cc1. The van der Waals surface area contributed by atoms with Crippen LogP contribution in [0.1, 0.15) is 112 Å². The fourth-order valence-electron chi connectivity index (χ4n) is 4.89. The monoisotopic (exact) mass is 624 g/mol. The molecule has 0 saturated heterocycles. The summed E-state index contributed by atoms with van der Waals surface area (Å²) in [6.45, 7) is 5.87. The molecule has 7 heteroatoms. The summed E-state index contributed by atoms with van der Waals surface area (Å²) >= 11 is 0. The Morgan fingerprint density at radius 1 is 0.622 bits per heavy atom. The minimum Gasteiger partial charge on any atom is -0.494 e. The van der Waals surface area contributed by atoms with Crippen LogP contribution in [0.5, 0.6) is 17.2 Å². The highest BCUT2D eigenvalue weighted by molar-refractivity contribution is 5.91. The maximum atomic E-state index is 13.6. The number of esters is 1. The molecule has 0 aromatic heterocycles. The van der Waals surface area contributed by atoms with Gasteiger partial charge in [-0.3, -0.25) is 0 Å². The second kappa shape index (κ2) is 21.3. The van der Waals surface area contributed by atoms with Crippen LogP contribution in [0.15, 0.2) is 72.8 Å². The molecule has 3 aromatic rings. The molecule has 0 heterocycles. The summed E-state index contributed by atoms with van der Waals surface area (Å²) in [7, 11) is 0. The van der Waals surface area contributed by atoms with E-state index in [1.165, 1.54) is 57.1 Å². The molecular weight excluding hydrogens is 574 g/mol. The van der Waals surface area contributed by atoms with Crippen LogP contribution >= 0.6 is 0 Å². The molecule has 0 bridgehead atoms. The Hall–Kier alpha value is -3.45. The second-order valence-electron chi connectivity index (χ2n) is 11.5. The van der Waals surface area contributed by atoms with Crippen molar-refractivity contribution in [3.63, 3.8) is 0 Å². The van der Waals surface area contributed by atoms with Crippen LogP contribution in [0.2, 0.25) is 0 Å². The zero-order valence-corrected chi connectivity index (χ0v) is 27.0. The van der Waals surface area contributed by atoms with Gasteiger partial charge in [0, 0.05) is 6.61 Å². The molecule has 0 unspecified atom stereocenters. The third-order valence-corrected chi connectivity index (χ3v) is 7.70. The Bertz CT molecular complexity index is 1200. The number of benzene rings is 3. The van der Waals surface area contributed by atoms with E-state index in [9.17, 15) is 13.6 Å². The van der Waals surface area contributed by atoms with E-state index in [0.29, 0.717) is 30.1 Å². The average molecular weight is 625 g/mol. The van der Waals surface area contributed by atoms with E-state index in [4.69, 9.17) is 18.9 Å². The Kier molecular flexibility index (Phi) is 17.1. The van der Waals surface area contributed by atoms with Gasteiger partial charge in [-0.25, -0.2) is 13.6 Å². The Morgan fingerprint density at radius 3 is 1.80 bits per heavy atom. The van der Waals surface area contributed by atoms with Gasteiger partial charge in [0.2, 0.25) is 6.43 Å². The Labute approximate surface area is 268 Å². The highest BCUT2D eigenvalue weighted by atomic mass is 19.3. The molecule has 0 amide bonds. The number of unbranched alkanes of at least 4 members (excludes halogenated alkanes) is 9. The standard InChI is InChI=1S/C38H50F2O5/c1-3-5-7-8-9-10-11-13-27-43-33-20-14-30(15-21-33)28-44-34-22-18-32(19-23-34)38(41)45-35-24-16-31(17-25-35)36(37(39)40)29-42-26-12-6-4-2/h14-25,36-37H,3-13,26-29H2,1-2H3/t36-/m0/s1. The van der Waals surface area contributed by atoms with Crippen molar-refractivity contribution in [2.45, 2.75) is 103 Å². The number of hydrogen-bond acceptors (Lipinski definition) is 5. The van der Waals surface area contributed by atoms with E-state index in [1.807, 2.05) is 24.3 Å². The molecular formula is C38H50F2O5. The van der Waals surface area contributed by atoms with E-state index >= 15 is 0 Å². The van der Waals surface area contributed by atoms with Crippen molar-refractivity contribution in [2.24, 2.45) is 0 Å². The highest BCUT2D eigenvalue weighted by Crippen LogP contribution is 2.26. The normalized spacial score (nSPS) is 11.8. The molecule has 3 rings (SSSR count). The van der Waals surface area contributed by atoms with Gasteiger partial charge < -0.3 is 18.9 Å². The van der Waals surface area contributed by atoms with Crippen molar-refractivity contribution in [1.82, 2.24) is 0 Å². The van der Waals surface area contributed by atoms with Crippen molar-refractivity contribution < 1.29 is 32.5 Å². The lowest BCUT2D eigenvalue weighted by Crippen LogP contribution is -2.16. The van der Waals surface area contributed by atoms with E-state index in [2.05, 4.69) is 13.8 Å². The largest absolute Gasteiger partial charge is 0.494 e. The van der Waals surface area contributed by atoms with E-state index < -0.39 is 18.3 Å². The van der Waals surface area contributed by atoms with Gasteiger partial charge in [-0.1, -0.05) is 95.9 Å². The van der Waals surface area contributed by atoms with Gasteiger partial charge in [0.25, 0.3) is 0 Å². The molecule has 0 spiro atoms. The first kappa shape index (κ1) is 36.0. The van der Waals surface area contributed by atoms with Crippen LogP contribution in [-0.2, 0) is 11.3 Å². The predicted octanol–water partition coefficient (Wildman–Crippen LogP) is 10.6. The third kappa shape index (κ3) is 14.0. The summed E-state index contributed by atoms with van der Waals surface area (Å²) in [5.74, 6) is 0.202. The Balaban J connectivity index is 1.37. The molecule has 5 nitrogen and oxygen atoms in total. The summed E-state index contributed by atoms with van der Waals surface area (Å²) in [6.07, 6.45) is 10.6. The van der Waals surface area contributed by atoms with Crippen molar-refractivity contribution in [2.75, 3.05) is 19.8 Å². The molecule has 1 atom stereocenters. The lowest BCUT2D eigenvalue weighted by Gasteiger charge is -2.17. The summed E-state index contributed by atoms with van der Waals surface area (Å²) in [5.41, 5.74) is 1.82. The molecule has 0 radical (unpaired) electrons. The van der Waals surface area contributed by atoms with Crippen LogP contribution < -0.4 is 14.2 Å². The number of carbonyl (C=O) groups is 1. The first-order valence-electron chi connectivity index (χ1n) is 16.6. The maximum absolute atomic E-state index is 13.6. The lowest BCUT2D eigenvalue weighted by molar-refractivity contribution is 0.0422. The molecule has 0 aliphatic heterocycles. The molecule has 0 aliphatic carbocycles. The number of rotatable bonds is 23. The number of hydrogen-bond donors (Lipinski definition) is 0. The first-order valence-corrected chi connectivity index (χ1v) is 16.6. The van der Waals surface area contributed by atoms with Crippen LogP contribution in [0, 0.1) is 0 Å². The van der Waals surface area contributed by atoms with Gasteiger partial charge in [0.05, 0.1) is 24.7 Å². The summed E-state index contributed by atoms with van der Waals surface area (Å²) in [5, 5.41) is 0. The number of carbonyl (C=O) groups excluding carboxylic acids is 1. The smallest absolute Gasteiger partial charge is 0.343 e. The van der Waals surface area contributed by atoms with Crippen molar-refractivity contribution in [3.8, 4) is 17.2 Å². The van der Waals surface area contributed by atoms with Crippen molar-refractivity contribution in [1.29, 1.82) is 0 Å². The van der Waals surface area contributed by atoms with Crippen LogP contribution in [-0.4, -0.2) is 32.2 Å². The third-order valence-electron chi connectivity index (χ3n) is 7.70. The van der Waals surface area contributed by atoms with Crippen LogP contribution in [0.3, 0.4) is 0 Å². The number of ether oxygens (including phenoxy) is 4. The topological polar surface area (TPSA) is 54.0 Å². The van der Waals surface area contributed by atoms with E-state index in [1.54, 1.807) is 36.4 Å². The van der Waals surface area contributed by atoms with Gasteiger partial charge in [-0.2, -0.15) is 0 Å². The lowest BCUT2D eigenvalue weighted by atomic mass is 10.0. The zero-order chi connectivity index (χ0) is 32.1. The highest BCUT2D eigenvalue weighted by Gasteiger charge is 2.23. The predicted molar refractivity (Wildman–Crippen MR) is 176 cm³/mol. The van der Waals surface area contributed by atoms with Crippen LogP contribution in [0.4, 0.5) is 8.78 Å². The fraction of sp³-hybridized carbons (Fsp3) is 0.500. The molecule has 246 valence electrons. The molecule has 0 N–H and O–H groups in total. The van der Waals surface area contributed by atoms with Gasteiger partial charge in [0.15, 0.2) is 0 Å². The zero-order valence-electron chi connectivity index (χ0n) is 27.0. The number of halogens is 2. The maximum Gasteiger partial charge on any atom is 0.343 e. The summed E-state index contributed by atoms with van der Waals surface area (Å²) in [4.78, 5) is 12.7. The van der Waals surface area contributed by atoms with Crippen LogP contribution in [0.25, 0.3) is 0 Å². The van der Waals surface area contributed by atoms with Crippen molar-refractivity contribution in [3.05, 3.63) is 89.5 Å². The molecule has 3 aromatic carbocycles. The minimum atomic E-state index is -2.55. The first-order chi connectivity index (χ1) is 22.0. The van der Waals surface area contributed by atoms with Gasteiger partial charge in [-0.05, 0) is 72.5 Å². The molecule has 0 fully saturated rings. The van der Waals surface area contributed by atoms with E-state index in [0.717, 1.165) is 43.6 Å². The Morgan fingerprint density at radius 2 is 1.16 bits per heavy atom.